The van der Waals surface area contributed by atoms with Gasteiger partial charge in [0.2, 0.25) is 15.9 Å². The lowest BCUT2D eigenvalue weighted by Gasteiger charge is -2.31. The summed E-state index contributed by atoms with van der Waals surface area (Å²) in [4.78, 5) is 31.3. The molecule has 0 radical (unpaired) electrons. The molecule has 3 heterocycles. The van der Waals surface area contributed by atoms with Crippen LogP contribution in [0.1, 0.15) is 18.4 Å². The number of nitrogens with two attached hydrogens (primary N) is 1. The minimum Gasteiger partial charge on any atom is -0.369 e. The Morgan fingerprint density at radius 1 is 1.08 bits per heavy atom. The lowest BCUT2D eigenvalue weighted by atomic mass is 9.97. The molecule has 2 amide bonds. The first kappa shape index (κ1) is 26.9. The van der Waals surface area contributed by atoms with E-state index in [0.717, 1.165) is 5.69 Å². The standard InChI is InChI=1S/C27H28N6O4S2/c1-31(2)39(36,37)22-10-8-18(9-11-22)24-20(17-33(30-24)21-6-4-3-5-7-21)16-23-26(35)29-27(38-23)32-14-12-19(13-15-32)25(28)34/h3-11,16-17,19H,12-15H2,1-2H3,(H2,28,34)/b23-16+. The third-order valence-electron chi connectivity index (χ3n) is 6.73. The molecule has 0 unspecified atom stereocenters. The van der Waals surface area contributed by atoms with Crippen molar-refractivity contribution in [2.75, 3.05) is 27.2 Å². The smallest absolute Gasteiger partial charge is 0.286 e. The van der Waals surface area contributed by atoms with Gasteiger partial charge in [0.15, 0.2) is 5.17 Å². The number of para-hydroxylation sites is 1. The van der Waals surface area contributed by atoms with E-state index in [1.54, 1.807) is 35.0 Å². The van der Waals surface area contributed by atoms with Gasteiger partial charge in [0.1, 0.15) is 0 Å². The highest BCUT2D eigenvalue weighted by Gasteiger charge is 2.31. The normalized spacial score (nSPS) is 17.7. The van der Waals surface area contributed by atoms with Crippen LogP contribution in [-0.4, -0.2) is 71.6 Å². The minimum atomic E-state index is -3.57. The summed E-state index contributed by atoms with van der Waals surface area (Å²) >= 11 is 1.30. The third-order valence-corrected chi connectivity index (χ3v) is 9.61. The molecule has 12 heteroatoms. The molecule has 2 aliphatic heterocycles. The molecule has 1 aromatic heterocycles. The van der Waals surface area contributed by atoms with Crippen molar-refractivity contribution in [1.82, 2.24) is 19.0 Å². The van der Waals surface area contributed by atoms with E-state index in [9.17, 15) is 18.0 Å². The number of hydrogen-bond donors (Lipinski definition) is 1. The molecular weight excluding hydrogens is 536 g/mol. The maximum absolute atomic E-state index is 12.9. The van der Waals surface area contributed by atoms with Gasteiger partial charge in [0.25, 0.3) is 5.91 Å². The van der Waals surface area contributed by atoms with Crippen LogP contribution < -0.4 is 5.73 Å². The van der Waals surface area contributed by atoms with Crippen molar-refractivity contribution in [2.45, 2.75) is 17.7 Å². The van der Waals surface area contributed by atoms with Gasteiger partial charge >= 0.3 is 0 Å². The van der Waals surface area contributed by atoms with Gasteiger partial charge in [0.05, 0.1) is 21.2 Å². The number of amidine groups is 1. The second-order valence-corrected chi connectivity index (χ2v) is 12.7. The molecule has 0 bridgehead atoms. The van der Waals surface area contributed by atoms with Gasteiger partial charge < -0.3 is 10.6 Å². The van der Waals surface area contributed by atoms with Crippen molar-refractivity contribution in [3.8, 4) is 16.9 Å². The van der Waals surface area contributed by atoms with Crippen LogP contribution in [0.25, 0.3) is 23.0 Å². The first-order valence-electron chi connectivity index (χ1n) is 12.4. The Balaban J connectivity index is 1.46. The van der Waals surface area contributed by atoms with Crippen LogP contribution in [0.4, 0.5) is 0 Å². The molecule has 2 N–H and O–H groups in total. The number of sulfonamides is 1. The van der Waals surface area contributed by atoms with E-state index < -0.39 is 10.0 Å². The van der Waals surface area contributed by atoms with Gasteiger partial charge in [-0.05, 0) is 54.9 Å². The van der Waals surface area contributed by atoms with Crippen molar-refractivity contribution in [3.05, 3.63) is 71.3 Å². The summed E-state index contributed by atoms with van der Waals surface area (Å²) in [7, 11) is -0.597. The second kappa shape index (κ2) is 10.8. The van der Waals surface area contributed by atoms with Crippen LogP contribution >= 0.6 is 11.8 Å². The number of primary amides is 1. The Bertz CT molecular complexity index is 1570. The van der Waals surface area contributed by atoms with Gasteiger partial charge in [0, 0.05) is 50.4 Å². The quantitative estimate of drug-likeness (QED) is 0.456. The van der Waals surface area contributed by atoms with E-state index >= 15 is 0 Å². The van der Waals surface area contributed by atoms with Gasteiger partial charge in [-0.25, -0.2) is 17.4 Å². The molecule has 3 aromatic rings. The molecule has 2 aliphatic rings. The molecule has 0 atom stereocenters. The fourth-order valence-corrected chi connectivity index (χ4v) is 6.31. The number of aliphatic imine (C=N–C) groups is 1. The molecule has 39 heavy (non-hydrogen) atoms. The zero-order valence-corrected chi connectivity index (χ0v) is 23.2. The van der Waals surface area contributed by atoms with Gasteiger partial charge in [-0.3, -0.25) is 9.59 Å². The van der Waals surface area contributed by atoms with Crippen LogP contribution in [0.3, 0.4) is 0 Å². The summed E-state index contributed by atoms with van der Waals surface area (Å²) in [6.07, 6.45) is 4.88. The summed E-state index contributed by atoms with van der Waals surface area (Å²) in [5.41, 5.74) is 8.30. The summed E-state index contributed by atoms with van der Waals surface area (Å²) in [6.45, 7) is 1.22. The van der Waals surface area contributed by atoms with E-state index in [4.69, 9.17) is 10.8 Å². The number of piperidine rings is 1. The molecule has 202 valence electrons. The lowest BCUT2D eigenvalue weighted by molar-refractivity contribution is -0.123. The van der Waals surface area contributed by atoms with Gasteiger partial charge in [-0.15, -0.1) is 0 Å². The summed E-state index contributed by atoms with van der Waals surface area (Å²) in [6, 6.07) is 16.1. The number of amides is 2. The second-order valence-electron chi connectivity index (χ2n) is 9.50. The number of nitrogens with zero attached hydrogens (tertiary/aromatic N) is 5. The Labute approximate surface area is 231 Å². The van der Waals surface area contributed by atoms with Crippen LogP contribution in [0.2, 0.25) is 0 Å². The van der Waals surface area contributed by atoms with Crippen LogP contribution in [0.15, 0.2) is 75.6 Å². The number of carbonyl (C=O) groups excluding carboxylic acids is 2. The Morgan fingerprint density at radius 2 is 1.74 bits per heavy atom. The SMILES string of the molecule is CN(C)S(=O)(=O)c1ccc(-c2nn(-c3ccccc3)cc2/C=C2/SC(N3CCC(C(N)=O)CC3)=NC2=O)cc1. The fourth-order valence-electron chi connectivity index (χ4n) is 4.46. The van der Waals surface area contributed by atoms with E-state index in [1.807, 2.05) is 41.4 Å². The number of hydrogen-bond acceptors (Lipinski definition) is 7. The highest BCUT2D eigenvalue weighted by Crippen LogP contribution is 2.34. The molecule has 5 rings (SSSR count). The highest BCUT2D eigenvalue weighted by molar-refractivity contribution is 8.18. The number of benzene rings is 2. The Morgan fingerprint density at radius 3 is 2.36 bits per heavy atom. The van der Waals surface area contributed by atoms with E-state index in [0.29, 0.717) is 52.8 Å². The maximum atomic E-state index is 12.9. The van der Waals surface area contributed by atoms with Crippen LogP contribution in [0, 0.1) is 5.92 Å². The van der Waals surface area contributed by atoms with Crippen molar-refractivity contribution >= 4 is 44.8 Å². The lowest BCUT2D eigenvalue weighted by Crippen LogP contribution is -2.40. The average molecular weight is 565 g/mol. The van der Waals surface area contributed by atoms with Gasteiger partial charge in [-0.2, -0.15) is 10.1 Å². The van der Waals surface area contributed by atoms with Crippen molar-refractivity contribution in [2.24, 2.45) is 16.6 Å². The number of thioether (sulfide) groups is 1. The largest absolute Gasteiger partial charge is 0.369 e. The molecule has 1 fully saturated rings. The highest BCUT2D eigenvalue weighted by atomic mass is 32.2. The molecule has 0 saturated carbocycles. The topological polar surface area (TPSA) is 131 Å². The summed E-state index contributed by atoms with van der Waals surface area (Å²) < 4.78 is 28.0. The van der Waals surface area contributed by atoms with E-state index in [1.165, 1.54) is 30.2 Å². The number of likely N-dealkylation sites (tertiary alicyclic amines) is 1. The van der Waals surface area contributed by atoms with Crippen molar-refractivity contribution in [3.63, 3.8) is 0 Å². The fraction of sp³-hybridized carbons (Fsp3) is 0.259. The van der Waals surface area contributed by atoms with Crippen molar-refractivity contribution < 1.29 is 18.0 Å². The molecule has 0 spiro atoms. The zero-order valence-electron chi connectivity index (χ0n) is 21.5. The van der Waals surface area contributed by atoms with Gasteiger partial charge in [-0.1, -0.05) is 30.3 Å². The molecule has 2 aromatic carbocycles. The predicted molar refractivity (Wildman–Crippen MR) is 151 cm³/mol. The minimum absolute atomic E-state index is 0.149. The van der Waals surface area contributed by atoms with Crippen LogP contribution in [0.5, 0.6) is 0 Å². The first-order valence-corrected chi connectivity index (χ1v) is 14.6. The Hall–Kier alpha value is -3.74. The zero-order chi connectivity index (χ0) is 27.7. The third kappa shape index (κ3) is 5.54. The van der Waals surface area contributed by atoms with Crippen molar-refractivity contribution in [1.29, 1.82) is 0 Å². The van der Waals surface area contributed by atoms with Crippen LogP contribution in [-0.2, 0) is 19.6 Å². The molecule has 1 saturated heterocycles. The average Bonchev–Trinajstić information content (AvgIpc) is 3.53. The number of carbonyl (C=O) groups is 2. The Kier molecular flexibility index (Phi) is 7.43. The van der Waals surface area contributed by atoms with E-state index in [-0.39, 0.29) is 22.6 Å². The first-order chi connectivity index (χ1) is 18.6. The number of rotatable bonds is 6. The molecule has 0 aliphatic carbocycles. The number of aromatic nitrogens is 2. The summed E-state index contributed by atoms with van der Waals surface area (Å²) in [5, 5.41) is 5.39. The monoisotopic (exact) mass is 564 g/mol. The summed E-state index contributed by atoms with van der Waals surface area (Å²) in [5.74, 6) is -0.773. The predicted octanol–water partition coefficient (Wildman–Crippen LogP) is 2.96. The van der Waals surface area contributed by atoms with E-state index in [2.05, 4.69) is 4.99 Å². The maximum Gasteiger partial charge on any atom is 0.286 e. The molecular formula is C27H28N6O4S2. The molecule has 10 nitrogen and oxygen atoms in total.